The standard InChI is InChI=1S/C19H14FN3O4/c1-12(13-2-6-15(20)7-3-13)21-22-19(24)18-11-10-17(27-18)14-4-8-16(9-5-14)23(25)26/h2-11H,1H3,(H,22,24)/b21-12+. The van der Waals surface area contributed by atoms with Crippen LogP contribution in [-0.4, -0.2) is 16.5 Å². The third-order valence-corrected chi connectivity index (χ3v) is 3.78. The van der Waals surface area contributed by atoms with E-state index in [9.17, 15) is 19.3 Å². The molecule has 8 heteroatoms. The molecule has 1 heterocycles. The average molecular weight is 367 g/mol. The van der Waals surface area contributed by atoms with Crippen molar-refractivity contribution in [3.8, 4) is 11.3 Å². The number of nitro benzene ring substituents is 1. The van der Waals surface area contributed by atoms with Crippen molar-refractivity contribution in [3.05, 3.63) is 87.9 Å². The van der Waals surface area contributed by atoms with E-state index in [2.05, 4.69) is 10.5 Å². The van der Waals surface area contributed by atoms with Gasteiger partial charge in [0.25, 0.3) is 5.69 Å². The maximum atomic E-state index is 12.9. The SMILES string of the molecule is C/C(=N\NC(=O)c1ccc(-c2ccc([N+](=O)[O-])cc2)o1)c1ccc(F)cc1. The molecule has 0 saturated carbocycles. The number of furan rings is 1. The molecule has 0 unspecified atom stereocenters. The summed E-state index contributed by atoms with van der Waals surface area (Å²) in [5, 5.41) is 14.7. The zero-order valence-electron chi connectivity index (χ0n) is 14.2. The summed E-state index contributed by atoms with van der Waals surface area (Å²) < 4.78 is 18.4. The van der Waals surface area contributed by atoms with Gasteiger partial charge in [-0.05, 0) is 48.9 Å². The Morgan fingerprint density at radius 2 is 1.74 bits per heavy atom. The maximum absolute atomic E-state index is 12.9. The fraction of sp³-hybridized carbons (Fsp3) is 0.0526. The van der Waals surface area contributed by atoms with E-state index >= 15 is 0 Å². The summed E-state index contributed by atoms with van der Waals surface area (Å²) in [6.07, 6.45) is 0. The number of hydrogen-bond acceptors (Lipinski definition) is 5. The van der Waals surface area contributed by atoms with Crippen molar-refractivity contribution in [2.45, 2.75) is 6.92 Å². The zero-order valence-corrected chi connectivity index (χ0v) is 14.2. The van der Waals surface area contributed by atoms with Gasteiger partial charge in [-0.1, -0.05) is 12.1 Å². The smallest absolute Gasteiger partial charge is 0.307 e. The molecule has 7 nitrogen and oxygen atoms in total. The minimum Gasteiger partial charge on any atom is -0.451 e. The molecule has 3 rings (SSSR count). The molecule has 0 spiro atoms. The maximum Gasteiger partial charge on any atom is 0.307 e. The van der Waals surface area contributed by atoms with Crippen molar-refractivity contribution < 1.29 is 18.5 Å². The number of non-ortho nitro benzene ring substituents is 1. The topological polar surface area (TPSA) is 97.7 Å². The van der Waals surface area contributed by atoms with Gasteiger partial charge in [0.1, 0.15) is 11.6 Å². The predicted octanol–water partition coefficient (Wildman–Crippen LogP) is 4.15. The fourth-order valence-electron chi connectivity index (χ4n) is 2.31. The Labute approximate surface area is 153 Å². The summed E-state index contributed by atoms with van der Waals surface area (Å²) in [6, 6.07) is 14.6. The van der Waals surface area contributed by atoms with Gasteiger partial charge in [-0.2, -0.15) is 5.10 Å². The minimum atomic E-state index is -0.551. The third-order valence-electron chi connectivity index (χ3n) is 3.78. The summed E-state index contributed by atoms with van der Waals surface area (Å²) >= 11 is 0. The van der Waals surface area contributed by atoms with Crippen molar-refractivity contribution in [2.24, 2.45) is 5.10 Å². The molecule has 0 atom stereocenters. The van der Waals surface area contributed by atoms with E-state index in [4.69, 9.17) is 4.42 Å². The molecular formula is C19H14FN3O4. The summed E-state index contributed by atoms with van der Waals surface area (Å²) in [7, 11) is 0. The number of hydrogen-bond donors (Lipinski definition) is 1. The van der Waals surface area contributed by atoms with Crippen LogP contribution in [0.4, 0.5) is 10.1 Å². The summed E-state index contributed by atoms with van der Waals surface area (Å²) in [4.78, 5) is 22.4. The van der Waals surface area contributed by atoms with Crippen molar-refractivity contribution in [2.75, 3.05) is 0 Å². The normalized spacial score (nSPS) is 11.3. The summed E-state index contributed by atoms with van der Waals surface area (Å²) in [5.41, 5.74) is 4.12. The molecule has 136 valence electrons. The van der Waals surface area contributed by atoms with Crippen LogP contribution < -0.4 is 5.43 Å². The minimum absolute atomic E-state index is 0.0334. The van der Waals surface area contributed by atoms with Gasteiger partial charge >= 0.3 is 5.91 Å². The number of hydrazone groups is 1. The van der Waals surface area contributed by atoms with Gasteiger partial charge in [0.2, 0.25) is 0 Å². The van der Waals surface area contributed by atoms with Crippen LogP contribution >= 0.6 is 0 Å². The molecule has 0 aliphatic heterocycles. The van der Waals surface area contributed by atoms with Crippen LogP contribution in [0.1, 0.15) is 23.0 Å². The first kappa shape index (κ1) is 18.0. The van der Waals surface area contributed by atoms with Gasteiger partial charge in [0.15, 0.2) is 5.76 Å². The van der Waals surface area contributed by atoms with Crippen molar-refractivity contribution in [3.63, 3.8) is 0 Å². The second kappa shape index (κ2) is 7.61. The molecule has 27 heavy (non-hydrogen) atoms. The monoisotopic (exact) mass is 367 g/mol. The lowest BCUT2D eigenvalue weighted by molar-refractivity contribution is -0.384. The number of carbonyl (C=O) groups excluding carboxylic acids is 1. The highest BCUT2D eigenvalue weighted by Gasteiger charge is 2.13. The highest BCUT2D eigenvalue weighted by atomic mass is 19.1. The van der Waals surface area contributed by atoms with Gasteiger partial charge in [0.05, 0.1) is 10.6 Å². The Bertz CT molecular complexity index is 1010. The van der Waals surface area contributed by atoms with E-state index in [-0.39, 0.29) is 17.3 Å². The van der Waals surface area contributed by atoms with Crippen LogP contribution in [0.2, 0.25) is 0 Å². The number of rotatable bonds is 5. The van der Waals surface area contributed by atoms with Gasteiger partial charge in [-0.25, -0.2) is 9.82 Å². The Hall–Kier alpha value is -3.81. The molecule has 0 bridgehead atoms. The quantitative estimate of drug-likeness (QED) is 0.416. The first-order chi connectivity index (χ1) is 12.9. The first-order valence-electron chi connectivity index (χ1n) is 7.89. The number of benzene rings is 2. The Morgan fingerprint density at radius 3 is 2.37 bits per heavy atom. The number of nitro groups is 1. The second-order valence-electron chi connectivity index (χ2n) is 5.61. The van der Waals surface area contributed by atoms with E-state index in [1.165, 1.54) is 42.5 Å². The van der Waals surface area contributed by atoms with Crippen molar-refractivity contribution in [1.29, 1.82) is 0 Å². The molecule has 0 radical (unpaired) electrons. The average Bonchev–Trinajstić information content (AvgIpc) is 3.17. The van der Waals surface area contributed by atoms with Gasteiger partial charge < -0.3 is 4.42 Å². The third kappa shape index (κ3) is 4.24. The van der Waals surface area contributed by atoms with Crippen LogP contribution in [0.25, 0.3) is 11.3 Å². The largest absolute Gasteiger partial charge is 0.451 e. The van der Waals surface area contributed by atoms with Crippen LogP contribution in [0.15, 0.2) is 70.2 Å². The molecule has 1 N–H and O–H groups in total. The van der Waals surface area contributed by atoms with E-state index in [1.54, 1.807) is 25.1 Å². The van der Waals surface area contributed by atoms with E-state index in [0.717, 1.165) is 0 Å². The highest BCUT2D eigenvalue weighted by Crippen LogP contribution is 2.24. The number of carbonyl (C=O) groups is 1. The molecule has 0 fully saturated rings. The lowest BCUT2D eigenvalue weighted by Crippen LogP contribution is -2.18. The molecule has 0 saturated heterocycles. The second-order valence-corrected chi connectivity index (χ2v) is 5.61. The Morgan fingerprint density at radius 1 is 1.07 bits per heavy atom. The van der Waals surface area contributed by atoms with E-state index < -0.39 is 10.8 Å². The first-order valence-corrected chi connectivity index (χ1v) is 7.89. The molecule has 0 aliphatic rings. The molecule has 2 aromatic carbocycles. The summed E-state index contributed by atoms with van der Waals surface area (Å²) in [6.45, 7) is 1.68. The van der Waals surface area contributed by atoms with Gasteiger partial charge in [-0.3, -0.25) is 14.9 Å². The molecule has 1 aromatic heterocycles. The van der Waals surface area contributed by atoms with Crippen molar-refractivity contribution in [1.82, 2.24) is 5.43 Å². The fourth-order valence-corrected chi connectivity index (χ4v) is 2.31. The number of amides is 1. The van der Waals surface area contributed by atoms with Crippen molar-refractivity contribution >= 4 is 17.3 Å². The number of nitrogens with zero attached hydrogens (tertiary/aromatic N) is 2. The van der Waals surface area contributed by atoms with Crippen LogP contribution in [0.5, 0.6) is 0 Å². The highest BCUT2D eigenvalue weighted by molar-refractivity contribution is 6.00. The van der Waals surface area contributed by atoms with Crippen LogP contribution in [0, 0.1) is 15.9 Å². The molecule has 3 aromatic rings. The Balaban J connectivity index is 1.70. The molecular weight excluding hydrogens is 353 g/mol. The molecule has 0 aliphatic carbocycles. The van der Waals surface area contributed by atoms with E-state index in [1.807, 2.05) is 0 Å². The van der Waals surface area contributed by atoms with Crippen LogP contribution in [-0.2, 0) is 0 Å². The van der Waals surface area contributed by atoms with E-state index in [0.29, 0.717) is 22.6 Å². The van der Waals surface area contributed by atoms with Gasteiger partial charge in [-0.15, -0.1) is 0 Å². The summed E-state index contributed by atoms with van der Waals surface area (Å²) in [5.74, 6) is -0.470. The van der Waals surface area contributed by atoms with Crippen LogP contribution in [0.3, 0.4) is 0 Å². The zero-order chi connectivity index (χ0) is 19.4. The Kier molecular flexibility index (Phi) is 5.07. The number of halogens is 1. The molecule has 1 amide bonds. The lowest BCUT2D eigenvalue weighted by Gasteiger charge is -2.02. The van der Waals surface area contributed by atoms with Gasteiger partial charge in [0, 0.05) is 17.7 Å². The lowest BCUT2D eigenvalue weighted by atomic mass is 10.1. The number of nitrogens with one attached hydrogen (secondary N) is 1. The predicted molar refractivity (Wildman–Crippen MR) is 96.9 cm³/mol.